The van der Waals surface area contributed by atoms with Gasteiger partial charge < -0.3 is 10.4 Å². The van der Waals surface area contributed by atoms with Gasteiger partial charge in [0.1, 0.15) is 0 Å². The number of nitrogens with one attached hydrogen (secondary N) is 1. The van der Waals surface area contributed by atoms with E-state index in [0.717, 1.165) is 25.9 Å². The maximum absolute atomic E-state index is 9.66. The number of rotatable bonds is 2. The van der Waals surface area contributed by atoms with Gasteiger partial charge in [-0.15, -0.1) is 0 Å². The Morgan fingerprint density at radius 2 is 2.12 bits per heavy atom. The van der Waals surface area contributed by atoms with Gasteiger partial charge in [-0.3, -0.25) is 0 Å². The van der Waals surface area contributed by atoms with Gasteiger partial charge in [0.15, 0.2) is 0 Å². The highest BCUT2D eigenvalue weighted by Gasteiger charge is 2.68. The third-order valence-electron chi connectivity index (χ3n) is 4.51. The average Bonchev–Trinajstić information content (AvgIpc) is 3.04. The third-order valence-corrected chi connectivity index (χ3v) is 5.25. The van der Waals surface area contributed by atoms with Gasteiger partial charge in [-0.05, 0) is 37.1 Å². The first-order valence-electron chi connectivity index (χ1n) is 5.91. The molecule has 2 N–H and O–H groups in total. The van der Waals surface area contributed by atoms with Crippen molar-refractivity contribution in [2.75, 3.05) is 19.7 Å². The van der Waals surface area contributed by atoms with E-state index in [-0.39, 0.29) is 17.4 Å². The fourth-order valence-corrected chi connectivity index (χ4v) is 3.63. The molecule has 2 nitrogen and oxygen atoms in total. The van der Waals surface area contributed by atoms with E-state index < -0.39 is 0 Å². The van der Waals surface area contributed by atoms with Gasteiger partial charge in [-0.25, -0.2) is 0 Å². The Hall–Kier alpha value is -0.280. The van der Waals surface area contributed by atoms with Crippen LogP contribution in [0, 0.1) is 5.41 Å². The third kappa shape index (κ3) is 1.55. The minimum Gasteiger partial charge on any atom is -0.396 e. The molecule has 0 spiro atoms. The molecule has 2 atom stereocenters. The lowest BCUT2D eigenvalue weighted by atomic mass is 9.82. The summed E-state index contributed by atoms with van der Waals surface area (Å²) in [6, 6.07) is 5.84. The van der Waals surface area contributed by atoms with Crippen LogP contribution >= 0.6 is 23.2 Å². The second-order valence-corrected chi connectivity index (χ2v) is 6.07. The molecule has 2 unspecified atom stereocenters. The number of benzene rings is 1. The molecule has 3 rings (SSSR count). The fraction of sp³-hybridized carbons (Fsp3) is 0.538. The van der Waals surface area contributed by atoms with Crippen LogP contribution in [-0.2, 0) is 5.41 Å². The first-order chi connectivity index (χ1) is 8.13. The largest absolute Gasteiger partial charge is 0.396 e. The lowest BCUT2D eigenvalue weighted by Crippen LogP contribution is -2.40. The van der Waals surface area contributed by atoms with Crippen molar-refractivity contribution in [2.45, 2.75) is 18.3 Å². The Kier molecular flexibility index (Phi) is 2.67. The van der Waals surface area contributed by atoms with Crippen molar-refractivity contribution in [3.63, 3.8) is 0 Å². The summed E-state index contributed by atoms with van der Waals surface area (Å²) in [5.41, 5.74) is 1.33. The quantitative estimate of drug-likeness (QED) is 0.867. The first-order valence-corrected chi connectivity index (χ1v) is 6.66. The van der Waals surface area contributed by atoms with Crippen LogP contribution in [0.2, 0.25) is 10.0 Å². The number of halogens is 2. The highest BCUT2D eigenvalue weighted by molar-refractivity contribution is 6.42. The summed E-state index contributed by atoms with van der Waals surface area (Å²) in [5, 5.41) is 14.3. The van der Waals surface area contributed by atoms with Gasteiger partial charge >= 0.3 is 0 Å². The number of hydrogen-bond donors (Lipinski definition) is 2. The number of fused-ring (bicyclic) bond motifs is 1. The zero-order valence-corrected chi connectivity index (χ0v) is 11.0. The number of hydrogen-bond acceptors (Lipinski definition) is 2. The summed E-state index contributed by atoms with van der Waals surface area (Å²) in [4.78, 5) is 0. The lowest BCUT2D eigenvalue weighted by molar-refractivity contribution is 0.165. The molecule has 1 saturated carbocycles. The Morgan fingerprint density at radius 3 is 2.82 bits per heavy atom. The Balaban J connectivity index is 2.01. The summed E-state index contributed by atoms with van der Waals surface area (Å²) in [6.45, 7) is 2.17. The minimum atomic E-state index is 0.0637. The Bertz CT molecular complexity index is 465. The van der Waals surface area contributed by atoms with Crippen molar-refractivity contribution in [3.05, 3.63) is 33.8 Å². The highest BCUT2D eigenvalue weighted by Crippen LogP contribution is 2.67. The summed E-state index contributed by atoms with van der Waals surface area (Å²) in [6.07, 6.45) is 2.07. The van der Waals surface area contributed by atoms with Gasteiger partial charge in [0.25, 0.3) is 0 Å². The predicted octanol–water partition coefficient (Wildman–Crippen LogP) is 2.61. The van der Waals surface area contributed by atoms with Crippen molar-refractivity contribution in [2.24, 2.45) is 5.41 Å². The van der Waals surface area contributed by atoms with Crippen LogP contribution in [0.4, 0.5) is 0 Å². The molecule has 0 radical (unpaired) electrons. The first kappa shape index (κ1) is 11.8. The molecule has 0 aromatic heterocycles. The monoisotopic (exact) mass is 271 g/mol. The standard InChI is InChI=1S/C13H15Cl2NO/c14-10-2-1-9(5-11(10)15)13-6-12(13,8-17)3-4-16-7-13/h1-2,5,16-17H,3-4,6-8H2. The predicted molar refractivity (Wildman–Crippen MR) is 69.8 cm³/mol. The summed E-state index contributed by atoms with van der Waals surface area (Å²) >= 11 is 12.0. The molecule has 4 heteroatoms. The van der Waals surface area contributed by atoms with Gasteiger partial charge in [0.05, 0.1) is 10.0 Å². The van der Waals surface area contributed by atoms with E-state index >= 15 is 0 Å². The smallest absolute Gasteiger partial charge is 0.0595 e. The topological polar surface area (TPSA) is 32.3 Å². The Labute approximate surface area is 111 Å². The van der Waals surface area contributed by atoms with Gasteiger partial charge in [-0.2, -0.15) is 0 Å². The summed E-state index contributed by atoms with van der Waals surface area (Å²) < 4.78 is 0. The van der Waals surface area contributed by atoms with Crippen LogP contribution in [0.5, 0.6) is 0 Å². The van der Waals surface area contributed by atoms with E-state index in [1.807, 2.05) is 18.2 Å². The number of aliphatic hydroxyl groups excluding tert-OH is 1. The normalized spacial score (nSPS) is 35.5. The van der Waals surface area contributed by atoms with Crippen molar-refractivity contribution in [1.29, 1.82) is 0 Å². The van der Waals surface area contributed by atoms with Crippen molar-refractivity contribution < 1.29 is 5.11 Å². The Morgan fingerprint density at radius 1 is 1.29 bits per heavy atom. The summed E-state index contributed by atoms with van der Waals surface area (Å²) in [7, 11) is 0. The second kappa shape index (κ2) is 3.86. The number of piperidine rings is 1. The van der Waals surface area contributed by atoms with Crippen molar-refractivity contribution in [3.8, 4) is 0 Å². The molecule has 1 heterocycles. The van der Waals surface area contributed by atoms with E-state index in [4.69, 9.17) is 23.2 Å². The van der Waals surface area contributed by atoms with Gasteiger partial charge in [0, 0.05) is 24.0 Å². The van der Waals surface area contributed by atoms with E-state index in [2.05, 4.69) is 5.32 Å². The minimum absolute atomic E-state index is 0.0637. The molecule has 1 saturated heterocycles. The highest BCUT2D eigenvalue weighted by atomic mass is 35.5. The maximum atomic E-state index is 9.66. The molecule has 2 fully saturated rings. The molecule has 0 bridgehead atoms. The maximum Gasteiger partial charge on any atom is 0.0595 e. The lowest BCUT2D eigenvalue weighted by Gasteiger charge is -2.30. The van der Waals surface area contributed by atoms with Crippen LogP contribution in [0.1, 0.15) is 18.4 Å². The van der Waals surface area contributed by atoms with E-state index in [1.54, 1.807) is 0 Å². The van der Waals surface area contributed by atoms with Crippen LogP contribution in [0.3, 0.4) is 0 Å². The molecule has 1 aliphatic heterocycles. The van der Waals surface area contributed by atoms with Crippen LogP contribution in [-0.4, -0.2) is 24.8 Å². The van der Waals surface area contributed by atoms with Crippen LogP contribution in [0.15, 0.2) is 18.2 Å². The molecule has 1 aromatic rings. The van der Waals surface area contributed by atoms with Crippen LogP contribution in [0.25, 0.3) is 0 Å². The fourth-order valence-electron chi connectivity index (χ4n) is 3.33. The molecular weight excluding hydrogens is 257 g/mol. The summed E-state index contributed by atoms with van der Waals surface area (Å²) in [5.74, 6) is 0. The zero-order chi connectivity index (χ0) is 12.1. The van der Waals surface area contributed by atoms with Crippen LogP contribution < -0.4 is 5.32 Å². The van der Waals surface area contributed by atoms with Gasteiger partial charge in [-0.1, -0.05) is 29.3 Å². The molecular formula is C13H15Cl2NO. The molecule has 1 aromatic carbocycles. The second-order valence-electron chi connectivity index (χ2n) is 5.25. The van der Waals surface area contributed by atoms with E-state index in [0.29, 0.717) is 10.0 Å². The molecule has 92 valence electrons. The van der Waals surface area contributed by atoms with Gasteiger partial charge in [0.2, 0.25) is 0 Å². The molecule has 2 aliphatic rings. The average molecular weight is 272 g/mol. The van der Waals surface area contributed by atoms with E-state index in [1.165, 1.54) is 5.56 Å². The molecule has 17 heavy (non-hydrogen) atoms. The molecule has 1 aliphatic carbocycles. The van der Waals surface area contributed by atoms with Crippen molar-refractivity contribution >= 4 is 23.2 Å². The zero-order valence-electron chi connectivity index (χ0n) is 9.47. The SMILES string of the molecule is OCC12CCNCC1(c1ccc(Cl)c(Cl)c1)C2. The van der Waals surface area contributed by atoms with E-state index in [9.17, 15) is 5.11 Å². The van der Waals surface area contributed by atoms with Crippen molar-refractivity contribution in [1.82, 2.24) is 5.32 Å². The number of aliphatic hydroxyl groups is 1. The molecule has 0 amide bonds.